The van der Waals surface area contributed by atoms with Crippen molar-refractivity contribution in [1.29, 1.82) is 0 Å². The smallest absolute Gasteiger partial charge is 0.317 e. The van der Waals surface area contributed by atoms with E-state index in [1.807, 2.05) is 0 Å². The molecular weight excluding hydrogens is 208 g/mol. The molecule has 0 aromatic rings. The van der Waals surface area contributed by atoms with Gasteiger partial charge in [0.2, 0.25) is 0 Å². The van der Waals surface area contributed by atoms with Gasteiger partial charge in [-0.3, -0.25) is 0 Å². The minimum atomic E-state index is -0.930. The van der Waals surface area contributed by atoms with Gasteiger partial charge in [-0.25, -0.2) is 4.79 Å². The molecule has 1 heterocycles. The van der Waals surface area contributed by atoms with E-state index in [1.165, 1.54) is 0 Å². The van der Waals surface area contributed by atoms with E-state index in [9.17, 15) is 4.79 Å². The number of carbonyl (C=O) groups is 1. The van der Waals surface area contributed by atoms with E-state index < -0.39 is 5.54 Å². The van der Waals surface area contributed by atoms with Crippen LogP contribution in [-0.2, 0) is 0 Å². The lowest BCUT2D eigenvalue weighted by Gasteiger charge is -2.34. The number of hydrogen-bond donors (Lipinski definition) is 3. The Balaban J connectivity index is 2.46. The number of aliphatic hydroxyl groups excluding tert-OH is 2. The molecule has 1 fully saturated rings. The van der Waals surface area contributed by atoms with Gasteiger partial charge in [0.1, 0.15) is 0 Å². The lowest BCUT2D eigenvalue weighted by atomic mass is 9.99. The second-order valence-electron chi connectivity index (χ2n) is 4.98. The number of nitrogens with zero attached hydrogens (tertiary/aromatic N) is 1. The summed E-state index contributed by atoms with van der Waals surface area (Å²) in [5, 5.41) is 20.8. The molecule has 1 aliphatic rings. The Morgan fingerprint density at radius 3 is 2.31 bits per heavy atom. The van der Waals surface area contributed by atoms with E-state index in [-0.39, 0.29) is 19.2 Å². The number of rotatable bonds is 3. The molecule has 1 aliphatic heterocycles. The van der Waals surface area contributed by atoms with Gasteiger partial charge in [-0.05, 0) is 25.7 Å². The fourth-order valence-electron chi connectivity index (χ4n) is 1.68. The number of hydrogen-bond acceptors (Lipinski definition) is 3. The van der Waals surface area contributed by atoms with Crippen molar-refractivity contribution in [3.63, 3.8) is 0 Å². The van der Waals surface area contributed by atoms with Crippen LogP contribution in [0.4, 0.5) is 4.79 Å². The third-order valence-corrected chi connectivity index (χ3v) is 3.18. The van der Waals surface area contributed by atoms with E-state index in [1.54, 1.807) is 11.8 Å². The highest BCUT2D eigenvalue weighted by atomic mass is 16.3. The van der Waals surface area contributed by atoms with Gasteiger partial charge in [-0.1, -0.05) is 6.92 Å². The lowest BCUT2D eigenvalue weighted by Crippen LogP contribution is -2.56. The van der Waals surface area contributed by atoms with Gasteiger partial charge >= 0.3 is 6.03 Å². The molecule has 0 saturated carbocycles. The van der Waals surface area contributed by atoms with Crippen LogP contribution in [0.1, 0.15) is 26.7 Å². The maximum atomic E-state index is 11.8. The Kier molecular flexibility index (Phi) is 4.56. The second kappa shape index (κ2) is 5.50. The number of piperidine rings is 1. The first-order chi connectivity index (χ1) is 7.50. The van der Waals surface area contributed by atoms with Crippen LogP contribution in [0.3, 0.4) is 0 Å². The quantitative estimate of drug-likeness (QED) is 0.647. The van der Waals surface area contributed by atoms with Crippen molar-refractivity contribution in [2.24, 2.45) is 5.92 Å². The first-order valence-electron chi connectivity index (χ1n) is 5.79. The molecule has 0 aromatic carbocycles. The summed E-state index contributed by atoms with van der Waals surface area (Å²) >= 11 is 0. The maximum absolute atomic E-state index is 11.8. The minimum Gasteiger partial charge on any atom is -0.394 e. The van der Waals surface area contributed by atoms with Crippen molar-refractivity contribution in [2.75, 3.05) is 26.3 Å². The van der Waals surface area contributed by atoms with Crippen molar-refractivity contribution >= 4 is 6.03 Å². The SMILES string of the molecule is CC1CCN(C(=O)NC(C)(CO)CO)CC1. The zero-order chi connectivity index (χ0) is 12.2. The van der Waals surface area contributed by atoms with Crippen LogP contribution >= 0.6 is 0 Å². The standard InChI is InChI=1S/C11H22N2O3/c1-9-3-5-13(6-4-9)10(16)12-11(2,7-14)8-15/h9,14-15H,3-8H2,1-2H3,(H,12,16). The molecule has 0 radical (unpaired) electrons. The fraction of sp³-hybridized carbons (Fsp3) is 0.909. The highest BCUT2D eigenvalue weighted by Crippen LogP contribution is 2.16. The molecule has 1 rings (SSSR count). The first kappa shape index (κ1) is 13.3. The van der Waals surface area contributed by atoms with E-state index in [0.29, 0.717) is 5.92 Å². The van der Waals surface area contributed by atoms with Crippen molar-refractivity contribution in [3.8, 4) is 0 Å². The van der Waals surface area contributed by atoms with Gasteiger partial charge in [0.05, 0.1) is 18.8 Å². The summed E-state index contributed by atoms with van der Waals surface area (Å²) in [6.45, 7) is 4.77. The Morgan fingerprint density at radius 2 is 1.88 bits per heavy atom. The van der Waals surface area contributed by atoms with Crippen LogP contribution in [0.25, 0.3) is 0 Å². The molecule has 0 aliphatic carbocycles. The molecule has 94 valence electrons. The van der Waals surface area contributed by atoms with E-state index in [2.05, 4.69) is 12.2 Å². The van der Waals surface area contributed by atoms with Gasteiger partial charge < -0.3 is 20.4 Å². The molecule has 16 heavy (non-hydrogen) atoms. The summed E-state index contributed by atoms with van der Waals surface area (Å²) in [7, 11) is 0. The molecule has 5 heteroatoms. The topological polar surface area (TPSA) is 72.8 Å². The van der Waals surface area contributed by atoms with Gasteiger partial charge in [0.25, 0.3) is 0 Å². The van der Waals surface area contributed by atoms with Gasteiger partial charge in [0.15, 0.2) is 0 Å². The summed E-state index contributed by atoms with van der Waals surface area (Å²) in [6, 6.07) is -0.197. The molecule has 3 N–H and O–H groups in total. The van der Waals surface area contributed by atoms with Crippen LogP contribution in [0.2, 0.25) is 0 Å². The molecule has 0 spiro atoms. The van der Waals surface area contributed by atoms with Crippen molar-refractivity contribution in [2.45, 2.75) is 32.2 Å². The molecular formula is C11H22N2O3. The summed E-state index contributed by atoms with van der Waals surface area (Å²) in [5.74, 6) is 0.672. The van der Waals surface area contributed by atoms with E-state index in [4.69, 9.17) is 10.2 Å². The molecule has 0 bridgehead atoms. The lowest BCUT2D eigenvalue weighted by molar-refractivity contribution is 0.0969. The Hall–Kier alpha value is -0.810. The normalized spacial score (nSPS) is 18.6. The van der Waals surface area contributed by atoms with Gasteiger partial charge in [-0.2, -0.15) is 0 Å². The van der Waals surface area contributed by atoms with Crippen molar-refractivity contribution in [1.82, 2.24) is 10.2 Å². The highest BCUT2D eigenvalue weighted by molar-refractivity contribution is 5.75. The Labute approximate surface area is 96.4 Å². The summed E-state index contributed by atoms with van der Waals surface area (Å²) < 4.78 is 0. The van der Waals surface area contributed by atoms with Crippen LogP contribution in [0.15, 0.2) is 0 Å². The van der Waals surface area contributed by atoms with Crippen LogP contribution < -0.4 is 5.32 Å². The van der Waals surface area contributed by atoms with E-state index in [0.717, 1.165) is 25.9 Å². The number of nitrogens with one attached hydrogen (secondary N) is 1. The minimum absolute atomic E-state index is 0.197. The highest BCUT2D eigenvalue weighted by Gasteiger charge is 2.28. The molecule has 0 atom stereocenters. The van der Waals surface area contributed by atoms with Gasteiger partial charge in [-0.15, -0.1) is 0 Å². The zero-order valence-electron chi connectivity index (χ0n) is 10.1. The average molecular weight is 230 g/mol. The number of amides is 2. The second-order valence-corrected chi connectivity index (χ2v) is 4.98. The zero-order valence-corrected chi connectivity index (χ0v) is 10.1. The average Bonchev–Trinajstić information content (AvgIpc) is 2.29. The summed E-state index contributed by atoms with van der Waals surface area (Å²) in [5.41, 5.74) is -0.930. The molecule has 1 saturated heterocycles. The molecule has 2 amide bonds. The Morgan fingerprint density at radius 1 is 1.38 bits per heavy atom. The predicted molar refractivity (Wildman–Crippen MR) is 61.1 cm³/mol. The number of likely N-dealkylation sites (tertiary alicyclic amines) is 1. The van der Waals surface area contributed by atoms with Crippen LogP contribution in [0, 0.1) is 5.92 Å². The van der Waals surface area contributed by atoms with Crippen molar-refractivity contribution < 1.29 is 15.0 Å². The monoisotopic (exact) mass is 230 g/mol. The van der Waals surface area contributed by atoms with Crippen molar-refractivity contribution in [3.05, 3.63) is 0 Å². The summed E-state index contributed by atoms with van der Waals surface area (Å²) in [6.07, 6.45) is 2.03. The number of carbonyl (C=O) groups excluding carboxylic acids is 1. The van der Waals surface area contributed by atoms with E-state index >= 15 is 0 Å². The first-order valence-corrected chi connectivity index (χ1v) is 5.79. The number of urea groups is 1. The number of aliphatic hydroxyl groups is 2. The summed E-state index contributed by atoms with van der Waals surface area (Å²) in [4.78, 5) is 13.6. The largest absolute Gasteiger partial charge is 0.394 e. The third kappa shape index (κ3) is 3.35. The van der Waals surface area contributed by atoms with Gasteiger partial charge in [0, 0.05) is 13.1 Å². The Bertz CT molecular complexity index is 233. The van der Waals surface area contributed by atoms with Crippen LogP contribution in [-0.4, -0.2) is 53.0 Å². The predicted octanol–water partition coefficient (Wildman–Crippen LogP) is 0.171. The molecule has 0 aromatic heterocycles. The van der Waals surface area contributed by atoms with Crippen LogP contribution in [0.5, 0.6) is 0 Å². The third-order valence-electron chi connectivity index (χ3n) is 3.18. The molecule has 0 unspecified atom stereocenters. The maximum Gasteiger partial charge on any atom is 0.317 e. The molecule has 5 nitrogen and oxygen atoms in total. The fourth-order valence-corrected chi connectivity index (χ4v) is 1.68.